The first-order chi connectivity index (χ1) is 7.93. The van der Waals surface area contributed by atoms with Crippen LogP contribution in [0.4, 0.5) is 0 Å². The number of hydrogen-bond donors (Lipinski definition) is 1. The van der Waals surface area contributed by atoms with Crippen molar-refractivity contribution in [3.63, 3.8) is 0 Å². The molecule has 17 heavy (non-hydrogen) atoms. The largest absolute Gasteiger partial charge is 0.377 e. The average molecular weight is 263 g/mol. The van der Waals surface area contributed by atoms with E-state index in [4.69, 9.17) is 4.74 Å². The van der Waals surface area contributed by atoms with E-state index in [1.54, 1.807) is 0 Å². The Bertz CT molecular complexity index is 314. The molecule has 2 atom stereocenters. The molecule has 0 radical (unpaired) electrons. The average Bonchev–Trinajstić information content (AvgIpc) is 2.64. The van der Waals surface area contributed by atoms with Gasteiger partial charge in [0.25, 0.3) is 0 Å². The van der Waals surface area contributed by atoms with Crippen LogP contribution >= 0.6 is 0 Å². The van der Waals surface area contributed by atoms with Gasteiger partial charge in [-0.1, -0.05) is 26.7 Å². The third-order valence-corrected chi connectivity index (χ3v) is 5.24. The van der Waals surface area contributed by atoms with Crippen LogP contribution in [0.2, 0.25) is 0 Å². The van der Waals surface area contributed by atoms with Crippen molar-refractivity contribution < 1.29 is 13.2 Å². The van der Waals surface area contributed by atoms with Crippen molar-refractivity contribution in [1.82, 2.24) is 4.72 Å². The minimum absolute atomic E-state index is 0.178. The number of sulfonamides is 1. The number of nitrogens with one attached hydrogen (secondary N) is 1. The van der Waals surface area contributed by atoms with E-state index >= 15 is 0 Å². The highest BCUT2D eigenvalue weighted by molar-refractivity contribution is 7.90. The highest BCUT2D eigenvalue weighted by atomic mass is 32.2. The SMILES string of the molecule is CC(C)CCCCNS(=O)(=O)[C@@H]1CCO[C@@H]1C. The molecule has 0 saturated carbocycles. The van der Waals surface area contributed by atoms with Gasteiger partial charge in [-0.05, 0) is 25.7 Å². The number of rotatable bonds is 7. The van der Waals surface area contributed by atoms with E-state index in [-0.39, 0.29) is 11.4 Å². The van der Waals surface area contributed by atoms with Gasteiger partial charge in [0.1, 0.15) is 5.25 Å². The maximum Gasteiger partial charge on any atom is 0.217 e. The molecule has 0 aliphatic carbocycles. The van der Waals surface area contributed by atoms with Crippen molar-refractivity contribution >= 4 is 10.0 Å². The maximum absolute atomic E-state index is 11.9. The van der Waals surface area contributed by atoms with E-state index in [0.717, 1.165) is 19.3 Å². The fourth-order valence-electron chi connectivity index (χ4n) is 2.12. The third kappa shape index (κ3) is 4.94. The quantitative estimate of drug-likeness (QED) is 0.714. The van der Waals surface area contributed by atoms with Crippen LogP contribution in [0.1, 0.15) is 46.5 Å². The molecule has 1 rings (SSSR count). The maximum atomic E-state index is 11.9. The van der Waals surface area contributed by atoms with E-state index in [0.29, 0.717) is 25.5 Å². The summed E-state index contributed by atoms with van der Waals surface area (Å²) in [5, 5.41) is -0.368. The predicted octanol–water partition coefficient (Wildman–Crippen LogP) is 1.91. The fraction of sp³-hybridized carbons (Fsp3) is 1.00. The summed E-state index contributed by atoms with van der Waals surface area (Å²) >= 11 is 0. The van der Waals surface area contributed by atoms with Gasteiger partial charge in [-0.15, -0.1) is 0 Å². The van der Waals surface area contributed by atoms with Gasteiger partial charge in [0.05, 0.1) is 6.10 Å². The molecule has 0 bridgehead atoms. The summed E-state index contributed by atoms with van der Waals surface area (Å²) in [7, 11) is -3.18. The van der Waals surface area contributed by atoms with Crippen molar-refractivity contribution in [2.45, 2.75) is 57.8 Å². The second-order valence-electron chi connectivity index (χ2n) is 5.23. The zero-order valence-corrected chi connectivity index (χ0v) is 11.9. The van der Waals surface area contributed by atoms with E-state index in [1.807, 2.05) is 6.92 Å². The van der Waals surface area contributed by atoms with Gasteiger partial charge >= 0.3 is 0 Å². The summed E-state index contributed by atoms with van der Waals surface area (Å²) in [6.45, 7) is 7.30. The van der Waals surface area contributed by atoms with Crippen molar-refractivity contribution in [2.24, 2.45) is 5.92 Å². The Morgan fingerprint density at radius 2 is 2.06 bits per heavy atom. The van der Waals surface area contributed by atoms with E-state index in [9.17, 15) is 8.42 Å². The monoisotopic (exact) mass is 263 g/mol. The zero-order valence-electron chi connectivity index (χ0n) is 11.1. The van der Waals surface area contributed by atoms with Crippen molar-refractivity contribution in [3.05, 3.63) is 0 Å². The summed E-state index contributed by atoms with van der Waals surface area (Å²) in [6, 6.07) is 0. The first-order valence-corrected chi connectivity index (χ1v) is 8.08. The molecular formula is C12H25NO3S. The molecule has 1 aliphatic rings. The molecule has 102 valence electrons. The van der Waals surface area contributed by atoms with Crippen LogP contribution in [-0.4, -0.2) is 32.9 Å². The summed E-state index contributed by atoms with van der Waals surface area (Å²) < 4.78 is 31.9. The number of ether oxygens (including phenoxy) is 1. The number of hydrogen-bond acceptors (Lipinski definition) is 3. The Labute approximate surface area is 105 Å². The third-order valence-electron chi connectivity index (χ3n) is 3.22. The van der Waals surface area contributed by atoms with Crippen molar-refractivity contribution in [1.29, 1.82) is 0 Å². The lowest BCUT2D eigenvalue weighted by Crippen LogP contribution is -2.38. The minimum Gasteiger partial charge on any atom is -0.377 e. The van der Waals surface area contributed by atoms with Crippen LogP contribution in [0.3, 0.4) is 0 Å². The van der Waals surface area contributed by atoms with Crippen LogP contribution in [0.5, 0.6) is 0 Å². The first kappa shape index (κ1) is 14.9. The molecule has 0 unspecified atom stereocenters. The zero-order chi connectivity index (χ0) is 12.9. The van der Waals surface area contributed by atoms with Crippen LogP contribution in [0.25, 0.3) is 0 Å². The van der Waals surface area contributed by atoms with Crippen molar-refractivity contribution in [3.8, 4) is 0 Å². The number of unbranched alkanes of at least 4 members (excludes halogenated alkanes) is 1. The molecule has 0 spiro atoms. The van der Waals surface area contributed by atoms with Gasteiger partial charge < -0.3 is 4.74 Å². The van der Waals surface area contributed by atoms with E-state index in [2.05, 4.69) is 18.6 Å². The highest BCUT2D eigenvalue weighted by Crippen LogP contribution is 2.19. The Hall–Kier alpha value is -0.130. The lowest BCUT2D eigenvalue weighted by Gasteiger charge is -2.15. The van der Waals surface area contributed by atoms with Gasteiger partial charge in [0.2, 0.25) is 10.0 Å². The molecule has 4 nitrogen and oxygen atoms in total. The van der Waals surface area contributed by atoms with Crippen LogP contribution in [0.15, 0.2) is 0 Å². The van der Waals surface area contributed by atoms with Crippen molar-refractivity contribution in [2.75, 3.05) is 13.2 Å². The summed E-state index contributed by atoms with van der Waals surface area (Å²) in [6.07, 6.45) is 3.59. The predicted molar refractivity (Wildman–Crippen MR) is 69.4 cm³/mol. The Kier molecular flexibility index (Phi) is 5.89. The van der Waals surface area contributed by atoms with Gasteiger partial charge in [0.15, 0.2) is 0 Å². The topological polar surface area (TPSA) is 55.4 Å². The van der Waals surface area contributed by atoms with Crippen LogP contribution < -0.4 is 4.72 Å². The molecule has 5 heteroatoms. The van der Waals surface area contributed by atoms with Gasteiger partial charge in [0, 0.05) is 13.2 Å². The lowest BCUT2D eigenvalue weighted by molar-refractivity contribution is 0.126. The van der Waals surface area contributed by atoms with E-state index in [1.165, 1.54) is 0 Å². The van der Waals surface area contributed by atoms with Crippen LogP contribution in [-0.2, 0) is 14.8 Å². The Balaban J connectivity index is 2.25. The second-order valence-corrected chi connectivity index (χ2v) is 7.22. The molecule has 1 N–H and O–H groups in total. The smallest absolute Gasteiger partial charge is 0.217 e. The Morgan fingerprint density at radius 1 is 1.35 bits per heavy atom. The van der Waals surface area contributed by atoms with Crippen LogP contribution in [0, 0.1) is 5.92 Å². The normalized spacial score (nSPS) is 25.6. The molecule has 0 aromatic heterocycles. The molecule has 1 aliphatic heterocycles. The van der Waals surface area contributed by atoms with Gasteiger partial charge in [-0.25, -0.2) is 13.1 Å². The van der Waals surface area contributed by atoms with E-state index < -0.39 is 10.0 Å². The minimum atomic E-state index is -3.18. The molecular weight excluding hydrogens is 238 g/mol. The molecule has 0 aromatic rings. The summed E-state index contributed by atoms with van der Waals surface area (Å²) in [5.41, 5.74) is 0. The first-order valence-electron chi connectivity index (χ1n) is 6.53. The molecule has 0 aromatic carbocycles. The summed E-state index contributed by atoms with van der Waals surface area (Å²) in [5.74, 6) is 0.690. The molecule has 0 amide bonds. The standard InChI is InChI=1S/C12H25NO3S/c1-10(2)6-4-5-8-13-17(14,15)12-7-9-16-11(12)3/h10-13H,4-9H2,1-3H3/t11-,12-/m1/s1. The molecule has 1 fully saturated rings. The lowest BCUT2D eigenvalue weighted by atomic mass is 10.1. The van der Waals surface area contributed by atoms with Gasteiger partial charge in [-0.3, -0.25) is 0 Å². The molecule has 1 heterocycles. The Morgan fingerprint density at radius 3 is 2.59 bits per heavy atom. The fourth-order valence-corrected chi connectivity index (χ4v) is 3.75. The summed E-state index contributed by atoms with van der Waals surface area (Å²) in [4.78, 5) is 0. The molecule has 1 saturated heterocycles. The van der Waals surface area contributed by atoms with Gasteiger partial charge in [-0.2, -0.15) is 0 Å². The second kappa shape index (κ2) is 6.71. The highest BCUT2D eigenvalue weighted by Gasteiger charge is 2.35.